The molecule has 0 aliphatic heterocycles. The molecule has 4 nitrogen and oxygen atoms in total. The summed E-state index contributed by atoms with van der Waals surface area (Å²) in [4.78, 5) is 20.8. The van der Waals surface area contributed by atoms with Crippen LogP contribution in [0.3, 0.4) is 0 Å². The topological polar surface area (TPSA) is 74.6 Å². The summed E-state index contributed by atoms with van der Waals surface area (Å²) in [5.41, 5.74) is 0.172. The lowest BCUT2D eigenvalue weighted by molar-refractivity contribution is -0.146. The number of aliphatic hydroxyl groups is 1. The fourth-order valence-electron chi connectivity index (χ4n) is 0.890. The number of carbonyl (C=O) groups excluding carboxylic acids is 1. The second-order valence-corrected chi connectivity index (χ2v) is 2.71. The quantitative estimate of drug-likeness (QED) is 0.449. The normalized spacial score (nSPS) is 11.1. The fraction of sp³-hybridized carbons (Fsp3) is 0. The van der Waals surface area contributed by atoms with Crippen molar-refractivity contribution in [3.63, 3.8) is 0 Å². The molecule has 0 heterocycles. The molecule has 0 bridgehead atoms. The van der Waals surface area contributed by atoms with Crippen LogP contribution < -0.4 is 0 Å². The molecule has 5 heteroatoms. The Bertz CT molecular complexity index is 420. The van der Waals surface area contributed by atoms with E-state index in [1.165, 1.54) is 12.1 Å². The Morgan fingerprint density at radius 2 is 1.67 bits per heavy atom. The Labute approximate surface area is 84.3 Å². The van der Waals surface area contributed by atoms with Crippen LogP contribution in [0, 0.1) is 5.82 Å². The number of aliphatic hydroxyl groups excluding tert-OH is 1. The van der Waals surface area contributed by atoms with E-state index in [9.17, 15) is 19.1 Å². The monoisotopic (exact) mass is 210 g/mol. The van der Waals surface area contributed by atoms with E-state index in [2.05, 4.69) is 0 Å². The van der Waals surface area contributed by atoms with E-state index in [1.54, 1.807) is 0 Å². The van der Waals surface area contributed by atoms with Crippen molar-refractivity contribution in [1.29, 1.82) is 0 Å². The second-order valence-electron chi connectivity index (χ2n) is 2.71. The van der Waals surface area contributed by atoms with Gasteiger partial charge in [0.15, 0.2) is 0 Å². The van der Waals surface area contributed by atoms with Gasteiger partial charge in [-0.3, -0.25) is 4.79 Å². The van der Waals surface area contributed by atoms with Gasteiger partial charge in [-0.25, -0.2) is 9.18 Å². The molecule has 0 saturated carbocycles. The molecule has 1 aromatic rings. The first kappa shape index (κ1) is 10.9. The summed E-state index contributed by atoms with van der Waals surface area (Å²) in [6.45, 7) is 0. The standard InChI is InChI=1S/C10H7FO4/c11-7-3-1-6(2-4-7)8(12)5-9(13)10(14)15/h1-5,12H,(H,14,15). The molecule has 0 aliphatic carbocycles. The summed E-state index contributed by atoms with van der Waals surface area (Å²) < 4.78 is 12.5. The Morgan fingerprint density at radius 3 is 2.13 bits per heavy atom. The van der Waals surface area contributed by atoms with Gasteiger partial charge < -0.3 is 10.2 Å². The van der Waals surface area contributed by atoms with Crippen molar-refractivity contribution in [2.24, 2.45) is 0 Å². The molecule has 78 valence electrons. The van der Waals surface area contributed by atoms with Crippen LogP contribution in [0.2, 0.25) is 0 Å². The number of ketones is 1. The van der Waals surface area contributed by atoms with Crippen LogP contribution in [-0.4, -0.2) is 22.0 Å². The number of aliphatic carboxylic acids is 1. The highest BCUT2D eigenvalue weighted by atomic mass is 19.1. The van der Waals surface area contributed by atoms with Gasteiger partial charge in [-0.05, 0) is 24.3 Å². The average molecular weight is 210 g/mol. The Balaban J connectivity index is 2.94. The SMILES string of the molecule is O=C(O)C(=O)C=C(O)c1ccc(F)cc1. The number of halogens is 1. The minimum Gasteiger partial charge on any atom is -0.507 e. The molecule has 0 fully saturated rings. The van der Waals surface area contributed by atoms with Gasteiger partial charge >= 0.3 is 5.97 Å². The summed E-state index contributed by atoms with van der Waals surface area (Å²) in [5, 5.41) is 17.5. The summed E-state index contributed by atoms with van der Waals surface area (Å²) in [6, 6.07) is 4.64. The van der Waals surface area contributed by atoms with Gasteiger partial charge in [0.05, 0.1) is 0 Å². The predicted molar refractivity (Wildman–Crippen MR) is 49.6 cm³/mol. The molecule has 0 saturated heterocycles. The lowest BCUT2D eigenvalue weighted by Crippen LogP contribution is -2.09. The van der Waals surface area contributed by atoms with E-state index in [0.29, 0.717) is 6.08 Å². The molecule has 15 heavy (non-hydrogen) atoms. The molecule has 0 radical (unpaired) electrons. The molecule has 0 unspecified atom stereocenters. The van der Waals surface area contributed by atoms with E-state index < -0.39 is 23.3 Å². The van der Waals surface area contributed by atoms with Crippen molar-refractivity contribution in [2.75, 3.05) is 0 Å². The number of carbonyl (C=O) groups is 2. The van der Waals surface area contributed by atoms with Crippen LogP contribution in [0.5, 0.6) is 0 Å². The Kier molecular flexibility index (Phi) is 3.17. The maximum Gasteiger partial charge on any atom is 0.376 e. The van der Waals surface area contributed by atoms with Crippen LogP contribution in [0.1, 0.15) is 5.56 Å². The molecule has 2 N–H and O–H groups in total. The van der Waals surface area contributed by atoms with Gasteiger partial charge in [0.25, 0.3) is 5.78 Å². The Hall–Kier alpha value is -2.17. The third kappa shape index (κ3) is 2.91. The summed E-state index contributed by atoms with van der Waals surface area (Å²) in [7, 11) is 0. The largest absolute Gasteiger partial charge is 0.507 e. The van der Waals surface area contributed by atoms with E-state index in [-0.39, 0.29) is 5.56 Å². The van der Waals surface area contributed by atoms with E-state index >= 15 is 0 Å². The van der Waals surface area contributed by atoms with Crippen LogP contribution in [0.25, 0.3) is 5.76 Å². The van der Waals surface area contributed by atoms with Gasteiger partial charge in [-0.15, -0.1) is 0 Å². The van der Waals surface area contributed by atoms with E-state index in [0.717, 1.165) is 12.1 Å². The van der Waals surface area contributed by atoms with E-state index in [1.807, 2.05) is 0 Å². The summed E-state index contributed by atoms with van der Waals surface area (Å²) in [5.74, 6) is -3.90. The van der Waals surface area contributed by atoms with Crippen molar-refractivity contribution < 1.29 is 24.2 Å². The maximum absolute atomic E-state index is 12.5. The van der Waals surface area contributed by atoms with Crippen molar-refractivity contribution in [2.45, 2.75) is 0 Å². The molecule has 0 aliphatic rings. The molecular formula is C10H7FO4. The van der Waals surface area contributed by atoms with Gasteiger partial charge in [-0.1, -0.05) is 0 Å². The molecular weight excluding hydrogens is 203 g/mol. The molecule has 0 spiro atoms. The zero-order valence-corrected chi connectivity index (χ0v) is 7.48. The molecule has 0 aromatic heterocycles. The van der Waals surface area contributed by atoms with Crippen molar-refractivity contribution >= 4 is 17.5 Å². The molecule has 1 aromatic carbocycles. The number of carboxylic acids is 1. The predicted octanol–water partition coefficient (Wildman–Crippen LogP) is 1.38. The number of carboxylic acid groups (broad SMARTS) is 1. The van der Waals surface area contributed by atoms with Crippen LogP contribution in [0.15, 0.2) is 30.3 Å². The Morgan fingerprint density at radius 1 is 1.13 bits per heavy atom. The minimum absolute atomic E-state index is 0.172. The summed E-state index contributed by atoms with van der Waals surface area (Å²) >= 11 is 0. The summed E-state index contributed by atoms with van der Waals surface area (Å²) in [6.07, 6.45) is 0.565. The van der Waals surface area contributed by atoms with Crippen molar-refractivity contribution in [3.8, 4) is 0 Å². The van der Waals surface area contributed by atoms with Gasteiger partial charge in [-0.2, -0.15) is 0 Å². The third-order valence-corrected chi connectivity index (χ3v) is 1.62. The smallest absolute Gasteiger partial charge is 0.376 e. The van der Waals surface area contributed by atoms with Crippen LogP contribution in [0.4, 0.5) is 4.39 Å². The fourth-order valence-corrected chi connectivity index (χ4v) is 0.890. The van der Waals surface area contributed by atoms with Crippen LogP contribution in [-0.2, 0) is 9.59 Å². The number of hydrogen-bond acceptors (Lipinski definition) is 3. The number of rotatable bonds is 3. The van der Waals surface area contributed by atoms with Crippen LogP contribution >= 0.6 is 0 Å². The number of hydrogen-bond donors (Lipinski definition) is 2. The molecule has 0 atom stereocenters. The van der Waals surface area contributed by atoms with Gasteiger partial charge in [0, 0.05) is 11.6 Å². The van der Waals surface area contributed by atoms with Gasteiger partial charge in [0.1, 0.15) is 11.6 Å². The first-order chi connectivity index (χ1) is 7.00. The van der Waals surface area contributed by atoms with Crippen molar-refractivity contribution in [3.05, 3.63) is 41.7 Å². The zero-order valence-electron chi connectivity index (χ0n) is 7.48. The second kappa shape index (κ2) is 4.36. The lowest BCUT2D eigenvalue weighted by Gasteiger charge is -1.98. The first-order valence-corrected chi connectivity index (χ1v) is 3.94. The van der Waals surface area contributed by atoms with E-state index in [4.69, 9.17) is 5.11 Å². The lowest BCUT2D eigenvalue weighted by atomic mass is 10.1. The minimum atomic E-state index is -1.66. The zero-order chi connectivity index (χ0) is 11.4. The highest BCUT2D eigenvalue weighted by Gasteiger charge is 2.10. The van der Waals surface area contributed by atoms with Crippen molar-refractivity contribution in [1.82, 2.24) is 0 Å². The highest BCUT2D eigenvalue weighted by molar-refractivity contribution is 6.38. The number of benzene rings is 1. The molecule has 1 rings (SSSR count). The average Bonchev–Trinajstić information content (AvgIpc) is 2.18. The third-order valence-electron chi connectivity index (χ3n) is 1.62. The molecule has 0 amide bonds. The maximum atomic E-state index is 12.5. The van der Waals surface area contributed by atoms with Gasteiger partial charge in [0.2, 0.25) is 0 Å². The first-order valence-electron chi connectivity index (χ1n) is 3.94. The highest BCUT2D eigenvalue weighted by Crippen LogP contribution is 2.11.